The van der Waals surface area contributed by atoms with E-state index < -0.39 is 51.8 Å². The average molecular weight is 567 g/mol. The van der Waals surface area contributed by atoms with E-state index in [-0.39, 0.29) is 30.4 Å². The molecule has 1 aliphatic carbocycles. The number of benzene rings is 2. The van der Waals surface area contributed by atoms with Gasteiger partial charge in [-0.05, 0) is 67.3 Å². The van der Waals surface area contributed by atoms with Crippen LogP contribution in [0.15, 0.2) is 59.5 Å². The van der Waals surface area contributed by atoms with Crippen LogP contribution in [-0.4, -0.2) is 60.7 Å². The van der Waals surface area contributed by atoms with Gasteiger partial charge in [-0.3, -0.25) is 9.59 Å². The lowest BCUT2D eigenvalue weighted by Gasteiger charge is -2.29. The minimum atomic E-state index is -3.75. The Labute approximate surface area is 227 Å². The largest absolute Gasteiger partial charge is 0.481 e. The number of carbonyl (C=O) groups excluding carboxylic acids is 1. The highest BCUT2D eigenvalue weighted by molar-refractivity contribution is 7.99. The van der Waals surface area contributed by atoms with Gasteiger partial charge in [0.15, 0.2) is 0 Å². The highest BCUT2D eigenvalue weighted by atomic mass is 32.2. The van der Waals surface area contributed by atoms with Gasteiger partial charge in [0, 0.05) is 10.6 Å². The zero-order valence-corrected chi connectivity index (χ0v) is 23.1. The van der Waals surface area contributed by atoms with Crippen molar-refractivity contribution in [2.45, 2.75) is 55.7 Å². The molecule has 0 aliphatic heterocycles. The van der Waals surface area contributed by atoms with Gasteiger partial charge in [-0.2, -0.15) is 0 Å². The Morgan fingerprint density at radius 2 is 1.76 bits per heavy atom. The van der Waals surface area contributed by atoms with Crippen molar-refractivity contribution in [3.63, 3.8) is 0 Å². The van der Waals surface area contributed by atoms with Crippen molar-refractivity contribution in [3.05, 3.63) is 66.0 Å². The standard InChI is InChI=1S/C27H35FN2O6S2/c1-17-12-19(22(13-17)27(33)34)15-25(31)23(14-18-6-4-3-5-7-18)29-26(32)24(30-38(2,35)36)16-37-21-10-8-20(28)9-11-21/h3-11,17,19,22-25,30-31H,12-16H2,1-2H3,(H,29,32)(H,33,34). The summed E-state index contributed by atoms with van der Waals surface area (Å²) in [5.74, 6) is -2.42. The second-order valence-electron chi connectivity index (χ2n) is 10.1. The number of nitrogens with one attached hydrogen (secondary N) is 2. The summed E-state index contributed by atoms with van der Waals surface area (Å²) in [6, 6.07) is 13.0. The maximum atomic E-state index is 13.3. The number of aliphatic hydroxyl groups is 1. The van der Waals surface area contributed by atoms with Crippen molar-refractivity contribution in [3.8, 4) is 0 Å². The number of carbonyl (C=O) groups is 2. The van der Waals surface area contributed by atoms with E-state index in [9.17, 15) is 32.6 Å². The molecule has 6 unspecified atom stereocenters. The zero-order valence-electron chi connectivity index (χ0n) is 21.4. The first-order valence-electron chi connectivity index (χ1n) is 12.5. The summed E-state index contributed by atoms with van der Waals surface area (Å²) in [4.78, 5) is 25.8. The molecule has 0 heterocycles. The smallest absolute Gasteiger partial charge is 0.306 e. The maximum absolute atomic E-state index is 13.3. The van der Waals surface area contributed by atoms with Crippen molar-refractivity contribution in [1.29, 1.82) is 0 Å². The van der Waals surface area contributed by atoms with Crippen LogP contribution < -0.4 is 10.0 Å². The molecule has 0 radical (unpaired) electrons. The van der Waals surface area contributed by atoms with Crippen LogP contribution in [0.3, 0.4) is 0 Å². The lowest BCUT2D eigenvalue weighted by molar-refractivity contribution is -0.143. The molecule has 6 atom stereocenters. The number of carboxylic acid groups (broad SMARTS) is 1. The maximum Gasteiger partial charge on any atom is 0.306 e. The number of aliphatic hydroxyl groups excluding tert-OH is 1. The Kier molecular flexibility index (Phi) is 10.7. The molecule has 0 spiro atoms. The van der Waals surface area contributed by atoms with E-state index in [2.05, 4.69) is 10.0 Å². The Morgan fingerprint density at radius 3 is 2.37 bits per heavy atom. The highest BCUT2D eigenvalue weighted by Crippen LogP contribution is 2.39. The number of hydrogen-bond donors (Lipinski definition) is 4. The Bertz CT molecular complexity index is 1180. The van der Waals surface area contributed by atoms with Crippen LogP contribution in [0, 0.1) is 23.6 Å². The predicted molar refractivity (Wildman–Crippen MR) is 145 cm³/mol. The van der Waals surface area contributed by atoms with Gasteiger partial charge < -0.3 is 15.5 Å². The number of aliphatic carboxylic acids is 1. The van der Waals surface area contributed by atoms with E-state index in [0.717, 1.165) is 11.8 Å². The monoisotopic (exact) mass is 566 g/mol. The van der Waals surface area contributed by atoms with Crippen LogP contribution in [-0.2, 0) is 26.0 Å². The van der Waals surface area contributed by atoms with E-state index in [1.165, 1.54) is 23.9 Å². The summed E-state index contributed by atoms with van der Waals surface area (Å²) < 4.78 is 39.6. The van der Waals surface area contributed by atoms with Crippen molar-refractivity contribution >= 4 is 33.7 Å². The fourth-order valence-electron chi connectivity index (χ4n) is 5.01. The van der Waals surface area contributed by atoms with Crippen LogP contribution in [0.5, 0.6) is 0 Å². The summed E-state index contributed by atoms with van der Waals surface area (Å²) in [7, 11) is -3.75. The van der Waals surface area contributed by atoms with Crippen LogP contribution in [0.25, 0.3) is 0 Å². The average Bonchev–Trinajstić information content (AvgIpc) is 3.22. The number of carboxylic acids is 1. The summed E-state index contributed by atoms with van der Waals surface area (Å²) in [5.41, 5.74) is 0.861. The van der Waals surface area contributed by atoms with Crippen LogP contribution in [0.4, 0.5) is 4.39 Å². The number of rotatable bonds is 13. The van der Waals surface area contributed by atoms with Gasteiger partial charge in [0.2, 0.25) is 15.9 Å². The molecule has 1 amide bonds. The van der Waals surface area contributed by atoms with E-state index in [1.54, 1.807) is 12.1 Å². The molecule has 4 N–H and O–H groups in total. The summed E-state index contributed by atoms with van der Waals surface area (Å²) in [5, 5.41) is 23.7. The molecule has 8 nitrogen and oxygen atoms in total. The number of amides is 1. The fraction of sp³-hybridized carbons (Fsp3) is 0.481. The lowest BCUT2D eigenvalue weighted by atomic mass is 9.87. The lowest BCUT2D eigenvalue weighted by Crippen LogP contribution is -2.54. The van der Waals surface area contributed by atoms with Crippen molar-refractivity contribution in [1.82, 2.24) is 10.0 Å². The molecule has 2 aromatic rings. The van der Waals surface area contributed by atoms with Crippen molar-refractivity contribution in [2.75, 3.05) is 12.0 Å². The Morgan fingerprint density at radius 1 is 1.11 bits per heavy atom. The number of thioether (sulfide) groups is 1. The molecule has 38 heavy (non-hydrogen) atoms. The molecular weight excluding hydrogens is 531 g/mol. The molecule has 208 valence electrons. The third-order valence-electron chi connectivity index (χ3n) is 6.79. The van der Waals surface area contributed by atoms with Gasteiger partial charge in [-0.15, -0.1) is 11.8 Å². The van der Waals surface area contributed by atoms with Gasteiger partial charge in [-0.25, -0.2) is 17.5 Å². The molecule has 11 heteroatoms. The third-order valence-corrected chi connectivity index (χ3v) is 8.60. The highest BCUT2D eigenvalue weighted by Gasteiger charge is 2.39. The first-order valence-corrected chi connectivity index (χ1v) is 15.4. The van der Waals surface area contributed by atoms with Gasteiger partial charge in [0.1, 0.15) is 11.9 Å². The van der Waals surface area contributed by atoms with Gasteiger partial charge in [0.25, 0.3) is 0 Å². The SMILES string of the molecule is CC1CC(CC(O)C(Cc2ccccc2)NC(=O)C(CSc2ccc(F)cc2)NS(C)(=O)=O)C(C(=O)O)C1. The fourth-order valence-corrected chi connectivity index (χ4v) is 6.74. The Balaban J connectivity index is 1.77. The van der Waals surface area contributed by atoms with E-state index in [0.29, 0.717) is 17.7 Å². The first kappa shape index (κ1) is 30.1. The van der Waals surface area contributed by atoms with Crippen LogP contribution in [0.1, 0.15) is 31.7 Å². The van der Waals surface area contributed by atoms with Crippen LogP contribution in [0.2, 0.25) is 0 Å². The second-order valence-corrected chi connectivity index (χ2v) is 13.0. The minimum Gasteiger partial charge on any atom is -0.481 e. The normalized spacial score (nSPS) is 21.9. The molecule has 3 rings (SSSR count). The molecule has 1 saturated carbocycles. The van der Waals surface area contributed by atoms with E-state index >= 15 is 0 Å². The van der Waals surface area contributed by atoms with Crippen molar-refractivity contribution < 1.29 is 32.6 Å². The minimum absolute atomic E-state index is 0.0416. The predicted octanol–water partition coefficient (Wildman–Crippen LogP) is 3.06. The summed E-state index contributed by atoms with van der Waals surface area (Å²) >= 11 is 1.19. The van der Waals surface area contributed by atoms with E-state index in [1.807, 2.05) is 37.3 Å². The first-order chi connectivity index (χ1) is 17.9. The van der Waals surface area contributed by atoms with E-state index in [4.69, 9.17) is 0 Å². The number of sulfonamides is 1. The van der Waals surface area contributed by atoms with Gasteiger partial charge in [0.05, 0.1) is 24.3 Å². The topological polar surface area (TPSA) is 133 Å². The molecule has 0 aromatic heterocycles. The Hall–Kier alpha value is -2.47. The quantitative estimate of drug-likeness (QED) is 0.274. The molecular formula is C27H35FN2O6S2. The number of halogens is 1. The molecule has 0 bridgehead atoms. The second kappa shape index (κ2) is 13.5. The van der Waals surface area contributed by atoms with Crippen LogP contribution >= 0.6 is 11.8 Å². The summed E-state index contributed by atoms with van der Waals surface area (Å²) in [6.07, 6.45) is 1.62. The molecule has 1 fully saturated rings. The third kappa shape index (κ3) is 9.37. The van der Waals surface area contributed by atoms with Gasteiger partial charge in [-0.1, -0.05) is 37.3 Å². The number of hydrogen-bond acceptors (Lipinski definition) is 6. The molecule has 0 saturated heterocycles. The zero-order chi connectivity index (χ0) is 27.9. The van der Waals surface area contributed by atoms with Crippen molar-refractivity contribution in [2.24, 2.45) is 17.8 Å². The molecule has 2 aromatic carbocycles. The molecule has 1 aliphatic rings. The summed E-state index contributed by atoms with van der Waals surface area (Å²) in [6.45, 7) is 1.99. The van der Waals surface area contributed by atoms with Gasteiger partial charge >= 0.3 is 5.97 Å².